The number of benzene rings is 1. The number of aromatic nitrogens is 3. The van der Waals surface area contributed by atoms with Crippen LogP contribution < -0.4 is 11.1 Å². The molecule has 1 fully saturated rings. The monoisotopic (exact) mass is 351 g/mol. The van der Waals surface area contributed by atoms with Crippen LogP contribution in [0.3, 0.4) is 0 Å². The molecule has 0 saturated carbocycles. The number of anilines is 2. The topological polar surface area (TPSA) is 95.1 Å². The van der Waals surface area contributed by atoms with Crippen molar-refractivity contribution < 1.29 is 9.53 Å². The number of carbonyl (C=O) groups is 1. The lowest BCUT2D eigenvalue weighted by Gasteiger charge is -2.23. The Bertz CT molecular complexity index is 942. The summed E-state index contributed by atoms with van der Waals surface area (Å²) in [6.07, 6.45) is 6.45. The molecule has 1 aliphatic rings. The summed E-state index contributed by atoms with van der Waals surface area (Å²) in [6, 6.07) is 7.25. The summed E-state index contributed by atoms with van der Waals surface area (Å²) in [5, 5.41) is 7.97. The summed E-state index contributed by atoms with van der Waals surface area (Å²) in [4.78, 5) is 16.8. The summed E-state index contributed by atoms with van der Waals surface area (Å²) >= 11 is 0. The van der Waals surface area contributed by atoms with Gasteiger partial charge in [-0.3, -0.25) is 4.79 Å². The smallest absolute Gasteiger partial charge is 0.258 e. The molecular weight excluding hydrogens is 330 g/mol. The molecule has 1 amide bonds. The fourth-order valence-corrected chi connectivity index (χ4v) is 3.21. The lowest BCUT2D eigenvalue weighted by atomic mass is 10.1. The van der Waals surface area contributed by atoms with Crippen molar-refractivity contribution in [1.29, 1.82) is 0 Å². The van der Waals surface area contributed by atoms with Gasteiger partial charge in [0.2, 0.25) is 0 Å². The van der Waals surface area contributed by atoms with Crippen molar-refractivity contribution in [2.45, 2.75) is 32.4 Å². The number of nitrogens with zero attached hydrogens (tertiary/aromatic N) is 3. The predicted molar refractivity (Wildman–Crippen MR) is 99.9 cm³/mol. The number of nitrogens with two attached hydrogens (primary N) is 1. The zero-order valence-corrected chi connectivity index (χ0v) is 14.6. The standard InChI is InChI=1S/C19H21N5O2/c1-12-5-8-16(21-10-12)23-19(25)13-6-7-15-14(18(13)20)11-22-24(15)17-4-2-3-9-26-17/h5-8,10-11,17H,2-4,9,20H2,1H3,(H,21,23,25). The molecule has 26 heavy (non-hydrogen) atoms. The van der Waals surface area contributed by atoms with E-state index in [1.807, 2.05) is 23.7 Å². The van der Waals surface area contributed by atoms with Gasteiger partial charge in [0.05, 0.1) is 23.0 Å². The third-order valence-electron chi connectivity index (χ3n) is 4.65. The van der Waals surface area contributed by atoms with Crippen LogP contribution in [-0.4, -0.2) is 27.3 Å². The number of fused-ring (bicyclic) bond motifs is 1. The molecule has 2 aromatic heterocycles. The maximum atomic E-state index is 12.6. The van der Waals surface area contributed by atoms with E-state index in [-0.39, 0.29) is 12.1 Å². The minimum atomic E-state index is -0.289. The molecule has 1 atom stereocenters. The first-order valence-electron chi connectivity index (χ1n) is 8.75. The lowest BCUT2D eigenvalue weighted by Crippen LogP contribution is -2.19. The third kappa shape index (κ3) is 3.01. The number of rotatable bonds is 3. The Kier molecular flexibility index (Phi) is 4.30. The summed E-state index contributed by atoms with van der Waals surface area (Å²) in [5.74, 6) is 0.203. The van der Waals surface area contributed by atoms with E-state index in [1.165, 1.54) is 0 Å². The van der Waals surface area contributed by atoms with Gasteiger partial charge in [0.1, 0.15) is 5.82 Å². The van der Waals surface area contributed by atoms with E-state index in [2.05, 4.69) is 15.4 Å². The van der Waals surface area contributed by atoms with Gasteiger partial charge in [0.25, 0.3) is 5.91 Å². The van der Waals surface area contributed by atoms with Gasteiger partial charge in [-0.15, -0.1) is 0 Å². The predicted octanol–water partition coefficient (Wildman–Crippen LogP) is 3.27. The van der Waals surface area contributed by atoms with Crippen LogP contribution in [0.1, 0.15) is 41.4 Å². The van der Waals surface area contributed by atoms with E-state index in [4.69, 9.17) is 10.5 Å². The minimum Gasteiger partial charge on any atom is -0.397 e. The molecule has 0 radical (unpaired) electrons. The van der Waals surface area contributed by atoms with Crippen LogP contribution >= 0.6 is 0 Å². The lowest BCUT2D eigenvalue weighted by molar-refractivity contribution is -0.0366. The fraction of sp³-hybridized carbons (Fsp3) is 0.316. The molecule has 1 aromatic carbocycles. The Balaban J connectivity index is 1.63. The van der Waals surface area contributed by atoms with E-state index < -0.39 is 0 Å². The van der Waals surface area contributed by atoms with Gasteiger partial charge in [0, 0.05) is 18.2 Å². The molecule has 1 aliphatic heterocycles. The summed E-state index contributed by atoms with van der Waals surface area (Å²) in [5.41, 5.74) is 8.99. The van der Waals surface area contributed by atoms with E-state index in [0.717, 1.165) is 42.3 Å². The second-order valence-electron chi connectivity index (χ2n) is 6.54. The first kappa shape index (κ1) is 16.5. The van der Waals surface area contributed by atoms with Crippen molar-refractivity contribution in [3.05, 3.63) is 47.8 Å². The van der Waals surface area contributed by atoms with Crippen LogP contribution in [0.2, 0.25) is 0 Å². The molecule has 1 unspecified atom stereocenters. The van der Waals surface area contributed by atoms with Crippen molar-refractivity contribution in [3.63, 3.8) is 0 Å². The number of amides is 1. The minimum absolute atomic E-state index is 0.0721. The van der Waals surface area contributed by atoms with Crippen molar-refractivity contribution in [3.8, 4) is 0 Å². The molecule has 134 valence electrons. The van der Waals surface area contributed by atoms with E-state index in [1.54, 1.807) is 24.5 Å². The molecule has 0 aliphatic carbocycles. The van der Waals surface area contributed by atoms with Gasteiger partial charge in [-0.05, 0) is 49.9 Å². The molecular formula is C19H21N5O2. The zero-order chi connectivity index (χ0) is 18.1. The molecule has 3 aromatic rings. The highest BCUT2D eigenvalue weighted by atomic mass is 16.5. The van der Waals surface area contributed by atoms with Crippen molar-refractivity contribution in [1.82, 2.24) is 14.8 Å². The van der Waals surface area contributed by atoms with Gasteiger partial charge in [-0.2, -0.15) is 5.10 Å². The molecule has 0 bridgehead atoms. The summed E-state index contributed by atoms with van der Waals surface area (Å²) < 4.78 is 7.66. The number of nitrogens with one attached hydrogen (secondary N) is 1. The number of nitrogen functional groups attached to an aromatic ring is 1. The highest BCUT2D eigenvalue weighted by Crippen LogP contribution is 2.30. The Morgan fingerprint density at radius 2 is 2.15 bits per heavy atom. The molecule has 3 heterocycles. The normalized spacial score (nSPS) is 17.3. The Hall–Kier alpha value is -2.93. The highest BCUT2D eigenvalue weighted by Gasteiger charge is 2.21. The second-order valence-corrected chi connectivity index (χ2v) is 6.54. The average molecular weight is 351 g/mol. The van der Waals surface area contributed by atoms with Crippen LogP contribution in [-0.2, 0) is 4.74 Å². The second kappa shape index (κ2) is 6.76. The molecule has 7 heteroatoms. The SMILES string of the molecule is Cc1ccc(NC(=O)c2ccc3c(cnn3C3CCCCO3)c2N)nc1. The summed E-state index contributed by atoms with van der Waals surface area (Å²) in [7, 11) is 0. The zero-order valence-electron chi connectivity index (χ0n) is 14.6. The Labute approximate surface area is 151 Å². The largest absolute Gasteiger partial charge is 0.397 e. The van der Waals surface area contributed by atoms with Gasteiger partial charge in [-0.1, -0.05) is 6.07 Å². The number of ether oxygens (including phenoxy) is 1. The van der Waals surface area contributed by atoms with Crippen LogP contribution in [0.15, 0.2) is 36.7 Å². The first-order valence-corrected chi connectivity index (χ1v) is 8.75. The van der Waals surface area contributed by atoms with Crippen molar-refractivity contribution >= 4 is 28.3 Å². The van der Waals surface area contributed by atoms with E-state index in [9.17, 15) is 4.79 Å². The molecule has 4 rings (SSSR count). The highest BCUT2D eigenvalue weighted by molar-refractivity contribution is 6.12. The van der Waals surface area contributed by atoms with Gasteiger partial charge >= 0.3 is 0 Å². The van der Waals surface area contributed by atoms with Gasteiger partial charge in [-0.25, -0.2) is 9.67 Å². The van der Waals surface area contributed by atoms with E-state index >= 15 is 0 Å². The fourth-order valence-electron chi connectivity index (χ4n) is 3.21. The van der Waals surface area contributed by atoms with Crippen LogP contribution in [0, 0.1) is 6.92 Å². The van der Waals surface area contributed by atoms with Crippen LogP contribution in [0.25, 0.3) is 10.9 Å². The molecule has 3 N–H and O–H groups in total. The molecule has 1 saturated heterocycles. The maximum Gasteiger partial charge on any atom is 0.258 e. The van der Waals surface area contributed by atoms with Crippen molar-refractivity contribution in [2.24, 2.45) is 0 Å². The van der Waals surface area contributed by atoms with Crippen LogP contribution in [0.4, 0.5) is 11.5 Å². The van der Waals surface area contributed by atoms with Crippen molar-refractivity contribution in [2.75, 3.05) is 17.7 Å². The molecule has 0 spiro atoms. The Morgan fingerprint density at radius 1 is 1.27 bits per heavy atom. The van der Waals surface area contributed by atoms with Gasteiger partial charge < -0.3 is 15.8 Å². The van der Waals surface area contributed by atoms with Crippen LogP contribution in [0.5, 0.6) is 0 Å². The quantitative estimate of drug-likeness (QED) is 0.706. The first-order chi connectivity index (χ1) is 12.6. The number of hydrogen-bond donors (Lipinski definition) is 2. The molecule has 7 nitrogen and oxygen atoms in total. The number of carbonyl (C=O) groups excluding carboxylic acids is 1. The average Bonchev–Trinajstić information content (AvgIpc) is 3.09. The number of pyridine rings is 1. The number of hydrogen-bond acceptors (Lipinski definition) is 5. The Morgan fingerprint density at radius 3 is 2.88 bits per heavy atom. The van der Waals surface area contributed by atoms with E-state index in [0.29, 0.717) is 17.1 Å². The van der Waals surface area contributed by atoms with Gasteiger partial charge in [0.15, 0.2) is 6.23 Å². The maximum absolute atomic E-state index is 12.6. The third-order valence-corrected chi connectivity index (χ3v) is 4.65. The summed E-state index contributed by atoms with van der Waals surface area (Å²) in [6.45, 7) is 2.68. The number of aryl methyl sites for hydroxylation is 1.